The zero-order valence-corrected chi connectivity index (χ0v) is 23.9. The standard InChI is InChI=1S/C31H37FN4O5/c1-18-24(12-20(13-26(18)32)27(38)34-22-6-7-22)19-5-8-23-25(11-19)21(14-33-28(23)39)15-35-9-10-36(29(40)41)31(16-35,17-37)30(2,3)4/h5,8,11-14,22,37H,6-7,9-10,15-17H2,1-4H3,(H,33,39)(H,34,38)(H,40,41)/t31-/m1/s1. The monoisotopic (exact) mass is 564 g/mol. The van der Waals surface area contributed by atoms with Crippen molar-refractivity contribution in [3.8, 4) is 11.1 Å². The van der Waals surface area contributed by atoms with Crippen LogP contribution < -0.4 is 10.9 Å². The predicted octanol–water partition coefficient (Wildman–Crippen LogP) is 4.11. The molecule has 0 unspecified atom stereocenters. The van der Waals surface area contributed by atoms with Crippen LogP contribution in [0.1, 0.15) is 55.1 Å². The number of aliphatic hydroxyl groups is 1. The maximum Gasteiger partial charge on any atom is 0.407 e. The number of fused-ring (bicyclic) bond motifs is 1. The number of H-pyrrole nitrogens is 1. The molecule has 9 nitrogen and oxygen atoms in total. The van der Waals surface area contributed by atoms with Gasteiger partial charge in [0.1, 0.15) is 5.82 Å². The molecule has 2 aliphatic rings. The average molecular weight is 565 g/mol. The van der Waals surface area contributed by atoms with Gasteiger partial charge in [-0.3, -0.25) is 19.4 Å². The number of aromatic nitrogens is 1. The molecule has 10 heteroatoms. The van der Waals surface area contributed by atoms with E-state index in [0.717, 1.165) is 18.4 Å². The van der Waals surface area contributed by atoms with E-state index in [4.69, 9.17) is 0 Å². The highest BCUT2D eigenvalue weighted by Crippen LogP contribution is 2.39. The minimum atomic E-state index is -1.07. The number of carbonyl (C=O) groups excluding carboxylic acids is 1. The predicted molar refractivity (Wildman–Crippen MR) is 154 cm³/mol. The van der Waals surface area contributed by atoms with E-state index >= 15 is 0 Å². The van der Waals surface area contributed by atoms with Gasteiger partial charge in [0.15, 0.2) is 0 Å². The Morgan fingerprint density at radius 2 is 1.88 bits per heavy atom. The second-order valence-electron chi connectivity index (χ2n) is 12.4. The van der Waals surface area contributed by atoms with Gasteiger partial charge in [0, 0.05) is 49.4 Å². The highest BCUT2D eigenvalue weighted by Gasteiger charge is 2.51. The molecule has 1 aromatic heterocycles. The Hall–Kier alpha value is -3.76. The summed E-state index contributed by atoms with van der Waals surface area (Å²) in [7, 11) is 0. The summed E-state index contributed by atoms with van der Waals surface area (Å²) in [6.45, 7) is 8.49. The molecule has 2 fully saturated rings. The quantitative estimate of drug-likeness (QED) is 0.357. The second-order valence-corrected chi connectivity index (χ2v) is 12.4. The fourth-order valence-electron chi connectivity index (χ4n) is 5.88. The van der Waals surface area contributed by atoms with Crippen molar-refractivity contribution in [2.24, 2.45) is 5.41 Å². The van der Waals surface area contributed by atoms with Crippen molar-refractivity contribution >= 4 is 22.8 Å². The van der Waals surface area contributed by atoms with Crippen molar-refractivity contribution in [3.63, 3.8) is 0 Å². The number of hydrogen-bond acceptors (Lipinski definition) is 5. The first-order chi connectivity index (χ1) is 19.3. The molecular formula is C31H37FN4O5. The minimum Gasteiger partial charge on any atom is -0.465 e. The number of hydrogen-bond donors (Lipinski definition) is 4. The van der Waals surface area contributed by atoms with Gasteiger partial charge in [-0.15, -0.1) is 0 Å². The summed E-state index contributed by atoms with van der Waals surface area (Å²) >= 11 is 0. The molecule has 2 heterocycles. The van der Waals surface area contributed by atoms with E-state index in [0.29, 0.717) is 47.1 Å². The summed E-state index contributed by atoms with van der Waals surface area (Å²) in [5.74, 6) is -0.786. The number of benzene rings is 2. The highest BCUT2D eigenvalue weighted by molar-refractivity contribution is 5.97. The molecule has 218 valence electrons. The summed E-state index contributed by atoms with van der Waals surface area (Å²) in [6.07, 6.45) is 2.44. The molecule has 1 aliphatic heterocycles. The number of rotatable bonds is 6. The number of carbonyl (C=O) groups is 2. The van der Waals surface area contributed by atoms with Crippen LogP contribution in [-0.4, -0.2) is 74.8 Å². The molecule has 1 saturated heterocycles. The summed E-state index contributed by atoms with van der Waals surface area (Å²) in [6, 6.07) is 8.40. The Balaban J connectivity index is 1.53. The number of amides is 2. The van der Waals surface area contributed by atoms with Gasteiger partial charge in [-0.25, -0.2) is 9.18 Å². The largest absolute Gasteiger partial charge is 0.465 e. The van der Waals surface area contributed by atoms with E-state index in [9.17, 15) is 29.0 Å². The summed E-state index contributed by atoms with van der Waals surface area (Å²) in [4.78, 5) is 43.8. The average Bonchev–Trinajstić information content (AvgIpc) is 3.74. The van der Waals surface area contributed by atoms with E-state index in [1.807, 2.05) is 26.8 Å². The van der Waals surface area contributed by atoms with Crippen molar-refractivity contribution in [3.05, 3.63) is 69.4 Å². The molecule has 2 aromatic carbocycles. The molecule has 5 rings (SSSR count). The molecule has 3 aromatic rings. The Bertz CT molecular complexity index is 1580. The van der Waals surface area contributed by atoms with Gasteiger partial charge >= 0.3 is 6.09 Å². The lowest BCUT2D eigenvalue weighted by atomic mass is 9.71. The third-order valence-electron chi connectivity index (χ3n) is 8.74. The number of piperazine rings is 1. The first kappa shape index (κ1) is 28.8. The van der Waals surface area contributed by atoms with Crippen molar-refractivity contribution < 1.29 is 24.2 Å². The van der Waals surface area contributed by atoms with Gasteiger partial charge in [0.25, 0.3) is 11.5 Å². The van der Waals surface area contributed by atoms with E-state index in [1.54, 1.807) is 31.3 Å². The van der Waals surface area contributed by atoms with Gasteiger partial charge in [0.05, 0.1) is 12.1 Å². The number of aliphatic hydroxyl groups excluding tert-OH is 1. The highest BCUT2D eigenvalue weighted by atomic mass is 19.1. The van der Waals surface area contributed by atoms with Gasteiger partial charge < -0.3 is 20.5 Å². The van der Waals surface area contributed by atoms with E-state index in [-0.39, 0.29) is 36.2 Å². The molecule has 1 atom stereocenters. The maximum atomic E-state index is 15.0. The lowest BCUT2D eigenvalue weighted by Gasteiger charge is -2.55. The Labute approximate surface area is 238 Å². The molecule has 1 aliphatic carbocycles. The van der Waals surface area contributed by atoms with Crippen LogP contribution in [0.3, 0.4) is 0 Å². The topological polar surface area (TPSA) is 126 Å². The number of aromatic amines is 1. The minimum absolute atomic E-state index is 0.144. The molecule has 41 heavy (non-hydrogen) atoms. The summed E-state index contributed by atoms with van der Waals surface area (Å²) in [5.41, 5.74) is 0.894. The molecular weight excluding hydrogens is 527 g/mol. The van der Waals surface area contributed by atoms with Gasteiger partial charge in [-0.1, -0.05) is 26.8 Å². The van der Waals surface area contributed by atoms with Crippen LogP contribution in [-0.2, 0) is 6.54 Å². The smallest absolute Gasteiger partial charge is 0.407 e. The fraction of sp³-hybridized carbons (Fsp3) is 0.452. The Kier molecular flexibility index (Phi) is 7.42. The number of nitrogens with zero attached hydrogens (tertiary/aromatic N) is 2. The first-order valence-electron chi connectivity index (χ1n) is 13.9. The molecule has 4 N–H and O–H groups in total. The Morgan fingerprint density at radius 3 is 2.51 bits per heavy atom. The molecule has 0 radical (unpaired) electrons. The molecule has 1 saturated carbocycles. The molecule has 0 spiro atoms. The summed E-state index contributed by atoms with van der Waals surface area (Å²) in [5, 5.41) is 24.4. The van der Waals surface area contributed by atoms with Crippen LogP contribution in [0.5, 0.6) is 0 Å². The van der Waals surface area contributed by atoms with Crippen molar-refractivity contribution in [2.75, 3.05) is 26.2 Å². The molecule has 2 amide bonds. The van der Waals surface area contributed by atoms with Crippen LogP contribution in [0.25, 0.3) is 21.9 Å². The van der Waals surface area contributed by atoms with Gasteiger partial charge in [-0.05, 0) is 77.1 Å². The number of nitrogens with one attached hydrogen (secondary N) is 2. The van der Waals surface area contributed by atoms with Crippen LogP contribution in [0.2, 0.25) is 0 Å². The summed E-state index contributed by atoms with van der Waals surface area (Å²) < 4.78 is 15.0. The number of carboxylic acid groups (broad SMARTS) is 1. The van der Waals surface area contributed by atoms with Crippen molar-refractivity contribution in [2.45, 2.75) is 58.7 Å². The van der Waals surface area contributed by atoms with E-state index in [2.05, 4.69) is 15.2 Å². The zero-order chi connectivity index (χ0) is 29.7. The van der Waals surface area contributed by atoms with Gasteiger partial charge in [-0.2, -0.15) is 0 Å². The second kappa shape index (κ2) is 10.6. The lowest BCUT2D eigenvalue weighted by molar-refractivity contribution is -0.0854. The van der Waals surface area contributed by atoms with Crippen LogP contribution >= 0.6 is 0 Å². The molecule has 0 bridgehead atoms. The van der Waals surface area contributed by atoms with E-state index < -0.39 is 22.9 Å². The normalized spacial score (nSPS) is 19.9. The van der Waals surface area contributed by atoms with Gasteiger partial charge in [0.2, 0.25) is 0 Å². The lowest BCUT2D eigenvalue weighted by Crippen LogP contribution is -2.70. The van der Waals surface area contributed by atoms with E-state index in [1.165, 1.54) is 11.0 Å². The third kappa shape index (κ3) is 5.34. The zero-order valence-electron chi connectivity index (χ0n) is 23.9. The SMILES string of the molecule is Cc1c(F)cc(C(=O)NC2CC2)cc1-c1ccc2c(=O)[nH]cc(CN3CCN(C(=O)O)[C@](CO)(C(C)(C)C)C3)c2c1. The maximum absolute atomic E-state index is 15.0. The van der Waals surface area contributed by atoms with Crippen molar-refractivity contribution in [1.82, 2.24) is 20.1 Å². The first-order valence-corrected chi connectivity index (χ1v) is 13.9. The van der Waals surface area contributed by atoms with Crippen LogP contribution in [0.4, 0.5) is 9.18 Å². The number of pyridine rings is 1. The Morgan fingerprint density at radius 1 is 1.15 bits per heavy atom. The van der Waals surface area contributed by atoms with Crippen molar-refractivity contribution in [1.29, 1.82) is 0 Å². The fourth-order valence-corrected chi connectivity index (χ4v) is 5.88. The van der Waals surface area contributed by atoms with Crippen LogP contribution in [0, 0.1) is 18.2 Å². The third-order valence-corrected chi connectivity index (χ3v) is 8.74. The number of halogens is 1. The van der Waals surface area contributed by atoms with Crippen LogP contribution in [0.15, 0.2) is 41.3 Å².